The number of pyridine rings is 1. The van der Waals surface area contributed by atoms with Gasteiger partial charge in [0.1, 0.15) is 17.5 Å². The number of fused-ring (bicyclic) bond motifs is 1. The molecule has 2 N–H and O–H groups in total. The Morgan fingerprint density at radius 2 is 1.88 bits per heavy atom. The quantitative estimate of drug-likeness (QED) is 0.605. The first-order chi connectivity index (χ1) is 14.9. The smallest absolute Gasteiger partial charge is 0.410 e. The number of imidazole rings is 1. The molecule has 0 radical (unpaired) electrons. The number of likely N-dealkylation sites (N-methyl/N-ethyl adjacent to an activating group) is 1. The second kappa shape index (κ2) is 9.04. The van der Waals surface area contributed by atoms with E-state index in [0.29, 0.717) is 16.2 Å². The number of H-pyrrole nitrogens is 1. The van der Waals surface area contributed by atoms with Gasteiger partial charge in [0, 0.05) is 12.1 Å². The number of amides is 2. The Hall–Kier alpha value is -3.33. The first kappa shape index (κ1) is 23.3. The molecule has 0 spiro atoms. The zero-order valence-electron chi connectivity index (χ0n) is 18.6. The van der Waals surface area contributed by atoms with Gasteiger partial charge in [0.15, 0.2) is 5.65 Å². The second-order valence-corrected chi connectivity index (χ2v) is 8.90. The fraction of sp³-hybridized carbons (Fsp3) is 0.364. The van der Waals surface area contributed by atoms with E-state index in [-0.39, 0.29) is 18.1 Å². The largest absolute Gasteiger partial charge is 0.444 e. The molecule has 170 valence electrons. The van der Waals surface area contributed by atoms with E-state index in [2.05, 4.69) is 15.3 Å². The van der Waals surface area contributed by atoms with Gasteiger partial charge in [0.2, 0.25) is 5.91 Å². The Morgan fingerprint density at radius 3 is 2.50 bits per heavy atom. The summed E-state index contributed by atoms with van der Waals surface area (Å²) in [6.07, 6.45) is -0.606. The molecule has 10 heteroatoms. The molecule has 0 aliphatic carbocycles. The number of aromatic amines is 1. The highest BCUT2D eigenvalue weighted by molar-refractivity contribution is 6.30. The lowest BCUT2D eigenvalue weighted by Gasteiger charge is -2.28. The van der Waals surface area contributed by atoms with Gasteiger partial charge in [-0.05, 0) is 57.5 Å². The predicted octanol–water partition coefficient (Wildman–Crippen LogP) is 3.62. The fourth-order valence-corrected chi connectivity index (χ4v) is 3.04. The number of benzene rings is 1. The van der Waals surface area contributed by atoms with E-state index in [0.717, 1.165) is 5.56 Å². The minimum absolute atomic E-state index is 0.260. The van der Waals surface area contributed by atoms with Crippen molar-refractivity contribution in [3.8, 4) is 0 Å². The number of hydrogen-bond acceptors (Lipinski definition) is 5. The summed E-state index contributed by atoms with van der Waals surface area (Å²) in [5.41, 5.74) is 0.831. The molecule has 1 atom stereocenters. The molecule has 0 fully saturated rings. The number of carbonyl (C=O) groups is 2. The van der Waals surface area contributed by atoms with Crippen molar-refractivity contribution in [1.29, 1.82) is 0 Å². The average Bonchev–Trinajstić information content (AvgIpc) is 3.02. The van der Waals surface area contributed by atoms with Crippen LogP contribution < -0.4 is 11.0 Å². The molecular formula is C22H26ClN5O4. The highest BCUT2D eigenvalue weighted by Gasteiger charge is 2.27. The molecule has 0 aliphatic rings. The third-order valence-corrected chi connectivity index (χ3v) is 5.02. The van der Waals surface area contributed by atoms with Crippen molar-refractivity contribution in [2.75, 3.05) is 12.4 Å². The van der Waals surface area contributed by atoms with Gasteiger partial charge in [-0.15, -0.1) is 0 Å². The molecule has 1 unspecified atom stereocenters. The van der Waals surface area contributed by atoms with E-state index in [1.165, 1.54) is 16.5 Å². The molecule has 2 amide bonds. The van der Waals surface area contributed by atoms with E-state index in [1.807, 2.05) is 12.1 Å². The summed E-state index contributed by atoms with van der Waals surface area (Å²) in [5.74, 6) is -0.178. The molecule has 2 aromatic heterocycles. The molecule has 9 nitrogen and oxygen atoms in total. The van der Waals surface area contributed by atoms with Crippen molar-refractivity contribution >= 4 is 40.6 Å². The second-order valence-electron chi connectivity index (χ2n) is 8.47. The summed E-state index contributed by atoms with van der Waals surface area (Å²) in [7, 11) is 1.49. The number of carbonyl (C=O) groups excluding carboxylic acids is 2. The summed E-state index contributed by atoms with van der Waals surface area (Å²) in [4.78, 5) is 45.7. The monoisotopic (exact) mass is 459 g/mol. The minimum atomic E-state index is -0.801. The number of hydrogen-bond donors (Lipinski definition) is 2. The lowest BCUT2D eigenvalue weighted by molar-refractivity contribution is -0.120. The van der Waals surface area contributed by atoms with Crippen molar-refractivity contribution < 1.29 is 14.3 Å². The summed E-state index contributed by atoms with van der Waals surface area (Å²) >= 11 is 5.93. The standard InChI is InChI=1S/C22H26ClN5O4/c1-13(27(5)21(31)32-22(2,3)4)19(29)26-17-11-10-16-18(25-17)28(20(30)24-16)12-14-6-8-15(23)9-7-14/h6-11,13H,12H2,1-5H3,(H,24,30)(H,25,26,29). The lowest BCUT2D eigenvalue weighted by atomic mass is 10.2. The summed E-state index contributed by atoms with van der Waals surface area (Å²) in [6, 6.07) is 9.60. The molecule has 32 heavy (non-hydrogen) atoms. The van der Waals surface area contributed by atoms with Crippen LogP contribution in [-0.2, 0) is 16.1 Å². The maximum atomic E-state index is 12.7. The third-order valence-electron chi connectivity index (χ3n) is 4.76. The first-order valence-corrected chi connectivity index (χ1v) is 10.4. The van der Waals surface area contributed by atoms with Crippen LogP contribution in [0.1, 0.15) is 33.3 Å². The topological polar surface area (TPSA) is 109 Å². The van der Waals surface area contributed by atoms with Crippen LogP contribution in [0.4, 0.5) is 10.6 Å². The maximum Gasteiger partial charge on any atom is 0.410 e. The molecule has 0 bridgehead atoms. The Bertz CT molecular complexity index is 1190. The highest BCUT2D eigenvalue weighted by Crippen LogP contribution is 2.16. The first-order valence-electron chi connectivity index (χ1n) is 10.1. The number of rotatable bonds is 5. The van der Waals surface area contributed by atoms with Crippen molar-refractivity contribution in [2.24, 2.45) is 0 Å². The number of nitrogens with one attached hydrogen (secondary N) is 2. The van der Waals surface area contributed by atoms with E-state index in [1.54, 1.807) is 52.0 Å². The van der Waals surface area contributed by atoms with Gasteiger partial charge in [0.25, 0.3) is 0 Å². The van der Waals surface area contributed by atoms with Gasteiger partial charge in [-0.2, -0.15) is 0 Å². The number of ether oxygens (including phenoxy) is 1. The van der Waals surface area contributed by atoms with Crippen LogP contribution in [0.3, 0.4) is 0 Å². The van der Waals surface area contributed by atoms with E-state index >= 15 is 0 Å². The van der Waals surface area contributed by atoms with Crippen LogP contribution in [0, 0.1) is 0 Å². The van der Waals surface area contributed by atoms with Gasteiger partial charge < -0.3 is 15.0 Å². The van der Waals surface area contributed by atoms with Crippen LogP contribution >= 0.6 is 11.6 Å². The number of anilines is 1. The molecule has 1 aromatic carbocycles. The predicted molar refractivity (Wildman–Crippen MR) is 123 cm³/mol. The summed E-state index contributed by atoms with van der Waals surface area (Å²) < 4.78 is 6.78. The molecular weight excluding hydrogens is 434 g/mol. The molecule has 3 aromatic rings. The van der Waals surface area contributed by atoms with Gasteiger partial charge in [0.05, 0.1) is 12.1 Å². The Labute approximate surface area is 190 Å². The summed E-state index contributed by atoms with van der Waals surface area (Å²) in [5, 5.41) is 3.30. The summed E-state index contributed by atoms with van der Waals surface area (Å²) in [6.45, 7) is 7.14. The number of halogens is 1. The molecule has 3 rings (SSSR count). The van der Waals surface area contributed by atoms with Crippen LogP contribution in [0.15, 0.2) is 41.2 Å². The highest BCUT2D eigenvalue weighted by atomic mass is 35.5. The van der Waals surface area contributed by atoms with Crippen molar-refractivity contribution in [3.05, 3.63) is 57.5 Å². The van der Waals surface area contributed by atoms with E-state index in [9.17, 15) is 14.4 Å². The number of nitrogens with zero attached hydrogens (tertiary/aromatic N) is 3. The van der Waals surface area contributed by atoms with Crippen molar-refractivity contribution in [3.63, 3.8) is 0 Å². The molecule has 0 aliphatic heterocycles. The molecule has 0 saturated heterocycles. The Kier molecular flexibility index (Phi) is 6.59. The van der Waals surface area contributed by atoms with Crippen LogP contribution in [0.25, 0.3) is 11.2 Å². The zero-order chi connectivity index (χ0) is 23.6. The Morgan fingerprint density at radius 1 is 1.22 bits per heavy atom. The van der Waals surface area contributed by atoms with Crippen LogP contribution in [0.5, 0.6) is 0 Å². The van der Waals surface area contributed by atoms with Crippen molar-refractivity contribution in [1.82, 2.24) is 19.4 Å². The maximum absolute atomic E-state index is 12.7. The fourth-order valence-electron chi connectivity index (χ4n) is 2.92. The van der Waals surface area contributed by atoms with Gasteiger partial charge in [-0.3, -0.25) is 14.3 Å². The van der Waals surface area contributed by atoms with E-state index in [4.69, 9.17) is 16.3 Å². The van der Waals surface area contributed by atoms with E-state index < -0.39 is 23.6 Å². The normalized spacial score (nSPS) is 12.4. The third kappa shape index (κ3) is 5.47. The van der Waals surface area contributed by atoms with Gasteiger partial charge in [-0.25, -0.2) is 14.6 Å². The van der Waals surface area contributed by atoms with Crippen LogP contribution in [0.2, 0.25) is 5.02 Å². The minimum Gasteiger partial charge on any atom is -0.444 e. The van der Waals surface area contributed by atoms with Gasteiger partial charge in [-0.1, -0.05) is 23.7 Å². The molecule has 0 saturated carbocycles. The zero-order valence-corrected chi connectivity index (χ0v) is 19.4. The number of aromatic nitrogens is 3. The molecule has 2 heterocycles. The van der Waals surface area contributed by atoms with Gasteiger partial charge >= 0.3 is 11.8 Å². The van der Waals surface area contributed by atoms with Crippen LogP contribution in [-0.4, -0.2) is 50.1 Å². The van der Waals surface area contributed by atoms with Crippen molar-refractivity contribution in [2.45, 2.75) is 45.9 Å². The lowest BCUT2D eigenvalue weighted by Crippen LogP contribution is -2.45. The average molecular weight is 460 g/mol. The SMILES string of the molecule is CC(C(=O)Nc1ccc2[nH]c(=O)n(Cc3ccc(Cl)cc3)c2n1)N(C)C(=O)OC(C)(C)C. The Balaban J connectivity index is 1.79.